The molecule has 1 aromatic rings. The number of ketones is 1. The predicted octanol–water partition coefficient (Wildman–Crippen LogP) is 0.102. The van der Waals surface area contributed by atoms with Crippen LogP contribution in [0.25, 0.3) is 0 Å². The molecular weight excluding hydrogens is 294 g/mol. The molecule has 74 valence electrons. The van der Waals surface area contributed by atoms with Crippen LogP contribution in [0.2, 0.25) is 0 Å². The largest absolute Gasteiger partial charge is 0.488 e. The summed E-state index contributed by atoms with van der Waals surface area (Å²) in [7, 11) is -1.51. The third-order valence-electron chi connectivity index (χ3n) is 1.83. The normalized spacial score (nSPS) is 10.0. The summed E-state index contributed by atoms with van der Waals surface area (Å²) in [6.07, 6.45) is 0.240. The molecule has 1 aromatic carbocycles. The number of carbonyl (C=O) groups is 1. The van der Waals surface area contributed by atoms with Gasteiger partial charge < -0.3 is 10.0 Å². The second-order valence-electron chi connectivity index (χ2n) is 3.10. The van der Waals surface area contributed by atoms with Gasteiger partial charge in [0.05, 0.1) is 0 Å². The Morgan fingerprint density at radius 2 is 2.14 bits per heavy atom. The molecule has 0 aliphatic rings. The van der Waals surface area contributed by atoms with Gasteiger partial charge in [0.15, 0.2) is 0 Å². The van der Waals surface area contributed by atoms with E-state index in [1.807, 2.05) is 6.07 Å². The molecule has 0 unspecified atom stereocenters. The zero-order valence-corrected chi connectivity index (χ0v) is 9.85. The maximum Gasteiger partial charge on any atom is 0.488 e. The smallest absolute Gasteiger partial charge is 0.423 e. The zero-order valence-electron chi connectivity index (χ0n) is 7.70. The first kappa shape index (κ1) is 11.7. The van der Waals surface area contributed by atoms with E-state index in [1.165, 1.54) is 6.92 Å². The van der Waals surface area contributed by atoms with Crippen molar-refractivity contribution < 1.29 is 14.8 Å². The standard InChI is InChI=1S/C9H10BIO3/c1-6(12)4-7-2-3-8(11)5-9(7)10(13)14/h2-3,5,13-14H,4H2,1H3. The van der Waals surface area contributed by atoms with Crippen molar-refractivity contribution in [2.75, 3.05) is 0 Å². The minimum absolute atomic E-state index is 0.00751. The van der Waals surface area contributed by atoms with Crippen LogP contribution in [0.15, 0.2) is 18.2 Å². The molecule has 0 bridgehead atoms. The van der Waals surface area contributed by atoms with Gasteiger partial charge >= 0.3 is 7.12 Å². The molecule has 1 rings (SSSR count). The van der Waals surface area contributed by atoms with E-state index in [4.69, 9.17) is 10.0 Å². The van der Waals surface area contributed by atoms with Gasteiger partial charge in [0.25, 0.3) is 0 Å². The molecule has 0 saturated carbocycles. The summed E-state index contributed by atoms with van der Waals surface area (Å²) in [5, 5.41) is 18.2. The van der Waals surface area contributed by atoms with Crippen molar-refractivity contribution in [1.29, 1.82) is 0 Å². The fourth-order valence-electron chi connectivity index (χ4n) is 1.24. The summed E-state index contributed by atoms with van der Waals surface area (Å²) in [4.78, 5) is 10.9. The Bertz CT molecular complexity index is 352. The van der Waals surface area contributed by atoms with Crippen LogP contribution in [0, 0.1) is 3.57 Å². The molecule has 5 heteroatoms. The highest BCUT2D eigenvalue weighted by molar-refractivity contribution is 14.1. The predicted molar refractivity (Wildman–Crippen MR) is 63.4 cm³/mol. The van der Waals surface area contributed by atoms with E-state index in [9.17, 15) is 4.79 Å². The zero-order chi connectivity index (χ0) is 10.7. The van der Waals surface area contributed by atoms with Crippen molar-refractivity contribution in [1.82, 2.24) is 0 Å². The van der Waals surface area contributed by atoms with E-state index in [0.717, 1.165) is 3.57 Å². The number of halogens is 1. The van der Waals surface area contributed by atoms with Gasteiger partial charge in [0, 0.05) is 9.99 Å². The lowest BCUT2D eigenvalue weighted by atomic mass is 9.76. The first-order valence-corrected chi connectivity index (χ1v) is 5.22. The van der Waals surface area contributed by atoms with Crippen LogP contribution in [-0.4, -0.2) is 22.9 Å². The highest BCUT2D eigenvalue weighted by Gasteiger charge is 2.16. The molecule has 0 aliphatic carbocycles. The Balaban J connectivity index is 3.08. The molecule has 0 atom stereocenters. The molecule has 0 aromatic heterocycles. The lowest BCUT2D eigenvalue weighted by Gasteiger charge is -2.07. The second-order valence-corrected chi connectivity index (χ2v) is 4.34. The van der Waals surface area contributed by atoms with Crippen molar-refractivity contribution >= 4 is 41.0 Å². The van der Waals surface area contributed by atoms with Crippen LogP contribution in [0.5, 0.6) is 0 Å². The molecule has 2 N–H and O–H groups in total. The van der Waals surface area contributed by atoms with E-state index < -0.39 is 7.12 Å². The van der Waals surface area contributed by atoms with Crippen molar-refractivity contribution in [3.63, 3.8) is 0 Å². The summed E-state index contributed by atoms with van der Waals surface area (Å²) >= 11 is 2.08. The summed E-state index contributed by atoms with van der Waals surface area (Å²) in [5.41, 5.74) is 1.08. The number of Topliss-reactive ketones (excluding diaryl/α,β-unsaturated/α-hetero) is 1. The van der Waals surface area contributed by atoms with Crippen LogP contribution in [-0.2, 0) is 11.2 Å². The fourth-order valence-corrected chi connectivity index (χ4v) is 1.75. The number of carbonyl (C=O) groups excluding carboxylic acids is 1. The second kappa shape index (κ2) is 4.90. The topological polar surface area (TPSA) is 57.5 Å². The van der Waals surface area contributed by atoms with Crippen molar-refractivity contribution in [3.8, 4) is 0 Å². The van der Waals surface area contributed by atoms with Crippen LogP contribution in [0.1, 0.15) is 12.5 Å². The third kappa shape index (κ3) is 3.07. The molecule has 0 radical (unpaired) electrons. The average molecular weight is 304 g/mol. The summed E-state index contributed by atoms with van der Waals surface area (Å²) in [6, 6.07) is 5.26. The summed E-state index contributed by atoms with van der Waals surface area (Å²) < 4.78 is 0.915. The summed E-state index contributed by atoms with van der Waals surface area (Å²) in [6.45, 7) is 1.48. The number of rotatable bonds is 3. The number of benzene rings is 1. The van der Waals surface area contributed by atoms with Gasteiger partial charge in [-0.3, -0.25) is 4.79 Å². The van der Waals surface area contributed by atoms with E-state index in [1.54, 1.807) is 12.1 Å². The van der Waals surface area contributed by atoms with Gasteiger partial charge in [0.2, 0.25) is 0 Å². The van der Waals surface area contributed by atoms with Gasteiger partial charge in [-0.15, -0.1) is 0 Å². The molecule has 0 saturated heterocycles. The van der Waals surface area contributed by atoms with Gasteiger partial charge in [-0.1, -0.05) is 6.07 Å². The molecule has 0 spiro atoms. The molecule has 0 amide bonds. The molecule has 0 fully saturated rings. The highest BCUT2D eigenvalue weighted by atomic mass is 127. The van der Waals surface area contributed by atoms with E-state index in [2.05, 4.69) is 22.6 Å². The Morgan fingerprint density at radius 3 is 2.64 bits per heavy atom. The average Bonchev–Trinajstić information content (AvgIpc) is 2.07. The molecular formula is C9H10BIO3. The SMILES string of the molecule is CC(=O)Cc1ccc(I)cc1B(O)O. The maximum atomic E-state index is 10.9. The number of hydrogen-bond donors (Lipinski definition) is 2. The van der Waals surface area contributed by atoms with Crippen LogP contribution < -0.4 is 5.46 Å². The number of hydrogen-bond acceptors (Lipinski definition) is 3. The van der Waals surface area contributed by atoms with Crippen molar-refractivity contribution in [2.45, 2.75) is 13.3 Å². The van der Waals surface area contributed by atoms with Crippen LogP contribution in [0.3, 0.4) is 0 Å². The minimum Gasteiger partial charge on any atom is -0.423 e. The highest BCUT2D eigenvalue weighted by Crippen LogP contribution is 2.06. The lowest BCUT2D eigenvalue weighted by molar-refractivity contribution is -0.116. The lowest BCUT2D eigenvalue weighted by Crippen LogP contribution is -2.34. The van der Waals surface area contributed by atoms with E-state index in [0.29, 0.717) is 11.0 Å². The monoisotopic (exact) mass is 304 g/mol. The van der Waals surface area contributed by atoms with Crippen molar-refractivity contribution in [2.24, 2.45) is 0 Å². The third-order valence-corrected chi connectivity index (χ3v) is 2.50. The van der Waals surface area contributed by atoms with E-state index in [-0.39, 0.29) is 12.2 Å². The maximum absolute atomic E-state index is 10.9. The van der Waals surface area contributed by atoms with Gasteiger partial charge in [-0.2, -0.15) is 0 Å². The molecule has 0 aliphatic heterocycles. The first-order chi connectivity index (χ1) is 6.50. The quantitative estimate of drug-likeness (QED) is 0.615. The van der Waals surface area contributed by atoms with Gasteiger partial charge in [-0.25, -0.2) is 0 Å². The van der Waals surface area contributed by atoms with Crippen LogP contribution in [0.4, 0.5) is 0 Å². The Kier molecular flexibility index (Phi) is 4.09. The van der Waals surface area contributed by atoms with Crippen LogP contribution >= 0.6 is 22.6 Å². The minimum atomic E-state index is -1.51. The summed E-state index contributed by atoms with van der Waals surface area (Å²) in [5.74, 6) is 0.00751. The first-order valence-electron chi connectivity index (χ1n) is 4.14. The molecule has 0 heterocycles. The Hall–Kier alpha value is -0.395. The molecule has 3 nitrogen and oxygen atoms in total. The van der Waals surface area contributed by atoms with E-state index >= 15 is 0 Å². The van der Waals surface area contributed by atoms with Gasteiger partial charge in [0.1, 0.15) is 5.78 Å². The van der Waals surface area contributed by atoms with Gasteiger partial charge in [-0.05, 0) is 52.7 Å². The Labute approximate surface area is 96.4 Å². The van der Waals surface area contributed by atoms with Crippen molar-refractivity contribution in [3.05, 3.63) is 27.3 Å². The Morgan fingerprint density at radius 1 is 1.50 bits per heavy atom. The fraction of sp³-hybridized carbons (Fsp3) is 0.222. The molecule has 14 heavy (non-hydrogen) atoms.